The molecular weight excluding hydrogens is 406 g/mol. The van der Waals surface area contributed by atoms with Crippen LogP contribution in [0.15, 0.2) is 42.5 Å². The Morgan fingerprint density at radius 3 is 2.60 bits per heavy atom. The summed E-state index contributed by atoms with van der Waals surface area (Å²) in [4.78, 5) is 25.0. The van der Waals surface area contributed by atoms with Crippen molar-refractivity contribution in [2.75, 3.05) is 17.2 Å². The van der Waals surface area contributed by atoms with Gasteiger partial charge < -0.3 is 15.4 Å². The number of hydrogen-bond donors (Lipinski definition) is 2. The maximum Gasteiger partial charge on any atom is 0.278 e. The van der Waals surface area contributed by atoms with Crippen molar-refractivity contribution in [2.45, 2.75) is 27.3 Å². The van der Waals surface area contributed by atoms with Gasteiger partial charge in [0.25, 0.3) is 5.91 Å². The minimum absolute atomic E-state index is 0.0993. The van der Waals surface area contributed by atoms with E-state index in [9.17, 15) is 9.59 Å². The molecule has 8 nitrogen and oxygen atoms in total. The first-order chi connectivity index (χ1) is 14.4. The molecule has 1 aromatic heterocycles. The summed E-state index contributed by atoms with van der Waals surface area (Å²) in [6.45, 7) is 5.84. The number of halogens is 1. The second-order valence-corrected chi connectivity index (χ2v) is 7.00. The van der Waals surface area contributed by atoms with Crippen LogP contribution < -0.4 is 15.4 Å². The topological polar surface area (TPSA) is 98.1 Å². The number of anilines is 2. The number of nitrogens with zero attached hydrogens (tertiary/aromatic N) is 3. The number of aryl methyl sites for hydroxylation is 1. The molecule has 0 bridgehead atoms. The summed E-state index contributed by atoms with van der Waals surface area (Å²) >= 11 is 6.17. The van der Waals surface area contributed by atoms with Crippen LogP contribution in [-0.2, 0) is 11.3 Å². The van der Waals surface area contributed by atoms with Gasteiger partial charge in [0.05, 0.1) is 28.7 Å². The number of hydrogen-bond acceptors (Lipinski definition) is 5. The molecule has 156 valence electrons. The predicted octanol–water partition coefficient (Wildman–Crippen LogP) is 3.84. The highest BCUT2D eigenvalue weighted by Crippen LogP contribution is 2.24. The van der Waals surface area contributed by atoms with E-state index < -0.39 is 5.91 Å². The normalized spacial score (nSPS) is 10.5. The molecule has 0 atom stereocenters. The Hall–Kier alpha value is -3.39. The highest BCUT2D eigenvalue weighted by atomic mass is 35.5. The molecule has 0 saturated heterocycles. The summed E-state index contributed by atoms with van der Waals surface area (Å²) in [6.07, 6.45) is 0. The van der Waals surface area contributed by atoms with Crippen LogP contribution in [-0.4, -0.2) is 33.4 Å². The standard InChI is InChI=1S/C21H22ClN5O3/c1-4-30-18-8-6-5-7-17(18)23-19(28)12-27-14(3)20(25-26-27)21(29)24-16-10-9-13(2)11-15(16)22/h5-11H,4,12H2,1-3H3,(H,23,28)(H,24,29). The Balaban J connectivity index is 1.69. The highest BCUT2D eigenvalue weighted by molar-refractivity contribution is 6.34. The molecular formula is C21H22ClN5O3. The number of benzene rings is 2. The van der Waals surface area contributed by atoms with Gasteiger partial charge >= 0.3 is 0 Å². The molecule has 2 amide bonds. The van der Waals surface area contributed by atoms with E-state index >= 15 is 0 Å². The molecule has 3 rings (SSSR count). The van der Waals surface area contributed by atoms with Gasteiger partial charge in [-0.1, -0.05) is 35.0 Å². The van der Waals surface area contributed by atoms with Crippen molar-refractivity contribution in [1.82, 2.24) is 15.0 Å². The largest absolute Gasteiger partial charge is 0.492 e. The molecule has 3 aromatic rings. The molecule has 1 heterocycles. The third kappa shape index (κ3) is 4.96. The van der Waals surface area contributed by atoms with Crippen LogP contribution in [0.3, 0.4) is 0 Å². The summed E-state index contributed by atoms with van der Waals surface area (Å²) in [5, 5.41) is 13.8. The van der Waals surface area contributed by atoms with E-state index in [1.54, 1.807) is 37.3 Å². The fourth-order valence-electron chi connectivity index (χ4n) is 2.80. The van der Waals surface area contributed by atoms with Crippen molar-refractivity contribution in [3.63, 3.8) is 0 Å². The number of ether oxygens (including phenoxy) is 1. The third-order valence-electron chi connectivity index (χ3n) is 4.32. The molecule has 0 aliphatic rings. The van der Waals surface area contributed by atoms with Crippen LogP contribution in [0, 0.1) is 13.8 Å². The minimum Gasteiger partial charge on any atom is -0.492 e. The Morgan fingerprint density at radius 1 is 1.10 bits per heavy atom. The first-order valence-corrected chi connectivity index (χ1v) is 9.76. The number of carbonyl (C=O) groups excluding carboxylic acids is 2. The van der Waals surface area contributed by atoms with Crippen LogP contribution in [0.1, 0.15) is 28.7 Å². The maximum absolute atomic E-state index is 12.6. The molecule has 0 fully saturated rings. The number of aromatic nitrogens is 3. The van der Waals surface area contributed by atoms with E-state index in [4.69, 9.17) is 16.3 Å². The van der Waals surface area contributed by atoms with Gasteiger partial charge in [-0.05, 0) is 50.6 Å². The fourth-order valence-corrected chi connectivity index (χ4v) is 3.08. The van der Waals surface area contributed by atoms with Crippen LogP contribution in [0.25, 0.3) is 0 Å². The highest BCUT2D eigenvalue weighted by Gasteiger charge is 2.19. The van der Waals surface area contributed by atoms with Crippen molar-refractivity contribution in [3.8, 4) is 5.75 Å². The van der Waals surface area contributed by atoms with Crippen LogP contribution >= 0.6 is 11.6 Å². The number of nitrogens with one attached hydrogen (secondary N) is 2. The minimum atomic E-state index is -0.452. The zero-order valence-corrected chi connectivity index (χ0v) is 17.7. The molecule has 0 aliphatic heterocycles. The van der Waals surface area contributed by atoms with E-state index in [0.29, 0.717) is 34.4 Å². The molecule has 0 saturated carbocycles. The van der Waals surface area contributed by atoms with E-state index in [2.05, 4.69) is 20.9 Å². The Morgan fingerprint density at radius 2 is 1.87 bits per heavy atom. The molecule has 0 radical (unpaired) electrons. The Bertz CT molecular complexity index is 1080. The van der Waals surface area contributed by atoms with Crippen LogP contribution in [0.5, 0.6) is 5.75 Å². The molecule has 2 N–H and O–H groups in total. The third-order valence-corrected chi connectivity index (χ3v) is 4.64. The van der Waals surface area contributed by atoms with E-state index in [1.165, 1.54) is 4.68 Å². The fraction of sp³-hybridized carbons (Fsp3) is 0.238. The average Bonchev–Trinajstić information content (AvgIpc) is 3.06. The molecule has 30 heavy (non-hydrogen) atoms. The van der Waals surface area contributed by atoms with Crippen molar-refractivity contribution in [3.05, 3.63) is 64.4 Å². The average molecular weight is 428 g/mol. The number of amides is 2. The second kappa shape index (κ2) is 9.41. The zero-order chi connectivity index (χ0) is 21.7. The first-order valence-electron chi connectivity index (χ1n) is 9.38. The van der Waals surface area contributed by atoms with Gasteiger partial charge in [-0.15, -0.1) is 5.10 Å². The summed E-state index contributed by atoms with van der Waals surface area (Å²) in [5.41, 5.74) is 2.61. The summed E-state index contributed by atoms with van der Waals surface area (Å²) in [7, 11) is 0. The van der Waals surface area contributed by atoms with Crippen LogP contribution in [0.2, 0.25) is 5.02 Å². The van der Waals surface area contributed by atoms with Crippen molar-refractivity contribution in [2.24, 2.45) is 0 Å². The lowest BCUT2D eigenvalue weighted by atomic mass is 10.2. The predicted molar refractivity (Wildman–Crippen MR) is 115 cm³/mol. The lowest BCUT2D eigenvalue weighted by Crippen LogP contribution is -2.21. The van der Waals surface area contributed by atoms with Crippen molar-refractivity contribution >= 4 is 34.8 Å². The molecule has 0 spiro atoms. The maximum atomic E-state index is 12.6. The van der Waals surface area contributed by atoms with Crippen LogP contribution in [0.4, 0.5) is 11.4 Å². The number of carbonyl (C=O) groups is 2. The molecule has 2 aromatic carbocycles. The number of para-hydroxylation sites is 2. The second-order valence-electron chi connectivity index (χ2n) is 6.60. The summed E-state index contributed by atoms with van der Waals surface area (Å²) < 4.78 is 6.87. The van der Waals surface area contributed by atoms with Gasteiger partial charge in [0.1, 0.15) is 12.3 Å². The van der Waals surface area contributed by atoms with Gasteiger partial charge in [-0.2, -0.15) is 0 Å². The SMILES string of the molecule is CCOc1ccccc1NC(=O)Cn1nnc(C(=O)Nc2ccc(C)cc2Cl)c1C. The Labute approximate surface area is 179 Å². The van der Waals surface area contributed by atoms with Crippen molar-refractivity contribution < 1.29 is 14.3 Å². The van der Waals surface area contributed by atoms with E-state index in [-0.39, 0.29) is 18.1 Å². The monoisotopic (exact) mass is 427 g/mol. The quantitative estimate of drug-likeness (QED) is 0.597. The number of rotatable bonds is 7. The zero-order valence-electron chi connectivity index (χ0n) is 16.9. The summed E-state index contributed by atoms with van der Waals surface area (Å²) in [6, 6.07) is 12.5. The van der Waals surface area contributed by atoms with Gasteiger partial charge in [-0.3, -0.25) is 9.59 Å². The van der Waals surface area contributed by atoms with Gasteiger partial charge in [0.15, 0.2) is 5.69 Å². The lowest BCUT2D eigenvalue weighted by molar-refractivity contribution is -0.117. The summed E-state index contributed by atoms with van der Waals surface area (Å²) in [5.74, 6) is -0.186. The van der Waals surface area contributed by atoms with E-state index in [0.717, 1.165) is 5.56 Å². The molecule has 0 aliphatic carbocycles. The van der Waals surface area contributed by atoms with Gasteiger partial charge in [0.2, 0.25) is 5.91 Å². The molecule has 9 heteroatoms. The van der Waals surface area contributed by atoms with E-state index in [1.807, 2.05) is 26.0 Å². The molecule has 0 unspecified atom stereocenters. The van der Waals surface area contributed by atoms with Crippen molar-refractivity contribution in [1.29, 1.82) is 0 Å². The first kappa shape index (κ1) is 21.3. The van der Waals surface area contributed by atoms with Gasteiger partial charge in [-0.25, -0.2) is 4.68 Å². The smallest absolute Gasteiger partial charge is 0.278 e. The lowest BCUT2D eigenvalue weighted by Gasteiger charge is -2.11. The van der Waals surface area contributed by atoms with Gasteiger partial charge in [0, 0.05) is 0 Å². The Kier molecular flexibility index (Phi) is 6.68.